The molecule has 0 bridgehead atoms. The van der Waals surface area contributed by atoms with E-state index >= 15 is 0 Å². The second kappa shape index (κ2) is 8.13. The van der Waals surface area contributed by atoms with Gasteiger partial charge in [0.25, 0.3) is 0 Å². The molecule has 0 unspecified atom stereocenters. The van der Waals surface area contributed by atoms with Crippen LogP contribution in [0.5, 0.6) is 5.75 Å². The van der Waals surface area contributed by atoms with E-state index in [1.807, 2.05) is 24.3 Å². The summed E-state index contributed by atoms with van der Waals surface area (Å²) in [5.74, 6) is -0.298. The third-order valence-corrected chi connectivity index (χ3v) is 5.28. The highest BCUT2D eigenvalue weighted by atomic mass is 32.1. The molecular weight excluding hydrogens is 356 g/mol. The summed E-state index contributed by atoms with van der Waals surface area (Å²) in [6, 6.07) is 7.07. The Kier molecular flexibility index (Phi) is 5.67. The first kappa shape index (κ1) is 18.1. The molecule has 2 amide bonds. The van der Waals surface area contributed by atoms with E-state index in [0.29, 0.717) is 35.8 Å². The summed E-state index contributed by atoms with van der Waals surface area (Å²) < 4.78 is 5.12. The zero-order chi connectivity index (χ0) is 18.5. The molecule has 26 heavy (non-hydrogen) atoms. The van der Waals surface area contributed by atoms with Gasteiger partial charge >= 0.3 is 12.0 Å². The lowest BCUT2D eigenvalue weighted by molar-refractivity contribution is -0.142. The molecule has 0 spiro atoms. The summed E-state index contributed by atoms with van der Waals surface area (Å²) in [6.45, 7) is 0. The number of nitrogens with zero attached hydrogens (tertiary/aromatic N) is 2. The van der Waals surface area contributed by atoms with E-state index in [2.05, 4.69) is 20.8 Å². The number of benzene rings is 1. The molecule has 1 aliphatic rings. The Hall–Kier alpha value is -2.68. The average molecular weight is 376 g/mol. The molecule has 1 saturated carbocycles. The summed E-state index contributed by atoms with van der Waals surface area (Å²) >= 11 is 1.28. The Bertz CT molecular complexity index is 769. The Morgan fingerprint density at radius 3 is 2.46 bits per heavy atom. The van der Waals surface area contributed by atoms with E-state index in [0.717, 1.165) is 11.3 Å². The van der Waals surface area contributed by atoms with Gasteiger partial charge in [0.05, 0.1) is 13.0 Å². The average Bonchev–Trinajstić information content (AvgIpc) is 3.10. The van der Waals surface area contributed by atoms with Crippen LogP contribution < -0.4 is 15.4 Å². The molecule has 9 heteroatoms. The topological polar surface area (TPSA) is 113 Å². The third-order valence-electron chi connectivity index (χ3n) is 4.39. The maximum Gasteiger partial charge on any atom is 0.321 e. The van der Waals surface area contributed by atoms with E-state index in [1.165, 1.54) is 11.3 Å². The van der Waals surface area contributed by atoms with Gasteiger partial charge in [-0.25, -0.2) is 4.79 Å². The zero-order valence-electron chi connectivity index (χ0n) is 14.3. The number of carboxylic acids is 1. The molecule has 1 heterocycles. The number of nitrogens with one attached hydrogen (secondary N) is 2. The van der Waals surface area contributed by atoms with Crippen LogP contribution in [0.15, 0.2) is 24.3 Å². The lowest BCUT2D eigenvalue weighted by Gasteiger charge is -2.26. The molecule has 0 aliphatic heterocycles. The number of anilines is 1. The number of aromatic nitrogens is 2. The maximum absolute atomic E-state index is 12.1. The lowest BCUT2D eigenvalue weighted by atomic mass is 9.86. The van der Waals surface area contributed by atoms with Crippen molar-refractivity contribution in [3.63, 3.8) is 0 Å². The highest BCUT2D eigenvalue weighted by Crippen LogP contribution is 2.28. The van der Waals surface area contributed by atoms with Crippen LogP contribution in [0.4, 0.5) is 9.93 Å². The second-order valence-corrected chi connectivity index (χ2v) is 7.10. The Morgan fingerprint density at radius 1 is 1.15 bits per heavy atom. The summed E-state index contributed by atoms with van der Waals surface area (Å²) in [5.41, 5.74) is 0.892. The molecule has 2 aromatic rings. The number of hydrogen-bond donors (Lipinski definition) is 3. The fourth-order valence-corrected chi connectivity index (χ4v) is 3.67. The van der Waals surface area contributed by atoms with Gasteiger partial charge in [-0.15, -0.1) is 10.2 Å². The SMILES string of the molecule is COc1ccc(-c2nnc(NC(=O)NC3CCC(C(=O)O)CC3)s2)cc1. The number of urea groups is 1. The van der Waals surface area contributed by atoms with Crippen LogP contribution in [0.25, 0.3) is 10.6 Å². The number of hydrogen-bond acceptors (Lipinski definition) is 6. The van der Waals surface area contributed by atoms with Crippen molar-refractivity contribution in [3.8, 4) is 16.3 Å². The maximum atomic E-state index is 12.1. The Labute approximate surface area is 154 Å². The first-order valence-electron chi connectivity index (χ1n) is 8.33. The number of carbonyl (C=O) groups is 2. The summed E-state index contributed by atoms with van der Waals surface area (Å²) in [6.07, 6.45) is 2.50. The van der Waals surface area contributed by atoms with E-state index in [-0.39, 0.29) is 18.0 Å². The van der Waals surface area contributed by atoms with Crippen LogP contribution in [0.2, 0.25) is 0 Å². The van der Waals surface area contributed by atoms with Gasteiger partial charge in [0, 0.05) is 11.6 Å². The fraction of sp³-hybridized carbons (Fsp3) is 0.412. The van der Waals surface area contributed by atoms with Crippen LogP contribution >= 0.6 is 11.3 Å². The van der Waals surface area contributed by atoms with Gasteiger partial charge in [-0.1, -0.05) is 11.3 Å². The van der Waals surface area contributed by atoms with Crippen molar-refractivity contribution in [2.75, 3.05) is 12.4 Å². The largest absolute Gasteiger partial charge is 0.497 e. The molecule has 0 radical (unpaired) electrons. The smallest absolute Gasteiger partial charge is 0.321 e. The van der Waals surface area contributed by atoms with E-state index < -0.39 is 5.97 Å². The normalized spacial score (nSPS) is 19.6. The number of carboxylic acid groups (broad SMARTS) is 1. The molecule has 0 saturated heterocycles. The van der Waals surface area contributed by atoms with Crippen LogP contribution in [0.1, 0.15) is 25.7 Å². The van der Waals surface area contributed by atoms with Crippen LogP contribution in [0, 0.1) is 5.92 Å². The number of rotatable bonds is 5. The molecule has 8 nitrogen and oxygen atoms in total. The molecule has 3 N–H and O–H groups in total. The van der Waals surface area contributed by atoms with Crippen LogP contribution in [-0.4, -0.2) is 40.5 Å². The van der Waals surface area contributed by atoms with Crippen molar-refractivity contribution < 1.29 is 19.4 Å². The minimum absolute atomic E-state index is 0.0143. The van der Waals surface area contributed by atoms with Gasteiger partial charge in [0.1, 0.15) is 10.8 Å². The van der Waals surface area contributed by atoms with Crippen molar-refractivity contribution in [2.24, 2.45) is 5.92 Å². The molecule has 1 aliphatic carbocycles. The van der Waals surface area contributed by atoms with Crippen LogP contribution in [-0.2, 0) is 4.79 Å². The van der Waals surface area contributed by atoms with Crippen molar-refractivity contribution in [2.45, 2.75) is 31.7 Å². The van der Waals surface area contributed by atoms with E-state index in [9.17, 15) is 9.59 Å². The molecule has 1 fully saturated rings. The number of amides is 2. The van der Waals surface area contributed by atoms with Gasteiger partial charge in [-0.05, 0) is 49.9 Å². The van der Waals surface area contributed by atoms with Gasteiger partial charge in [0.15, 0.2) is 0 Å². The molecule has 3 rings (SSSR count). The van der Waals surface area contributed by atoms with Gasteiger partial charge in [-0.3, -0.25) is 10.1 Å². The third kappa shape index (κ3) is 4.48. The van der Waals surface area contributed by atoms with Gasteiger partial charge < -0.3 is 15.2 Å². The molecule has 0 atom stereocenters. The first-order valence-corrected chi connectivity index (χ1v) is 9.15. The number of carbonyl (C=O) groups excluding carboxylic acids is 1. The summed E-state index contributed by atoms with van der Waals surface area (Å²) in [7, 11) is 1.61. The van der Waals surface area contributed by atoms with E-state index in [1.54, 1.807) is 7.11 Å². The van der Waals surface area contributed by atoms with Gasteiger partial charge in [-0.2, -0.15) is 0 Å². The van der Waals surface area contributed by atoms with Gasteiger partial charge in [0.2, 0.25) is 5.13 Å². The van der Waals surface area contributed by atoms with Crippen molar-refractivity contribution in [1.82, 2.24) is 15.5 Å². The highest BCUT2D eigenvalue weighted by Gasteiger charge is 2.26. The predicted octanol–water partition coefficient (Wildman–Crippen LogP) is 2.98. The quantitative estimate of drug-likeness (QED) is 0.739. The second-order valence-electron chi connectivity index (χ2n) is 6.13. The monoisotopic (exact) mass is 376 g/mol. The van der Waals surface area contributed by atoms with E-state index in [4.69, 9.17) is 9.84 Å². The molecule has 1 aromatic heterocycles. The molecule has 1 aromatic carbocycles. The Balaban J connectivity index is 1.52. The lowest BCUT2D eigenvalue weighted by Crippen LogP contribution is -2.40. The molecular formula is C17H20N4O4S. The number of ether oxygens (including phenoxy) is 1. The zero-order valence-corrected chi connectivity index (χ0v) is 15.1. The highest BCUT2D eigenvalue weighted by molar-refractivity contribution is 7.18. The number of methoxy groups -OCH3 is 1. The van der Waals surface area contributed by atoms with Crippen molar-refractivity contribution >= 4 is 28.5 Å². The number of aliphatic carboxylic acids is 1. The van der Waals surface area contributed by atoms with Crippen LogP contribution in [0.3, 0.4) is 0 Å². The summed E-state index contributed by atoms with van der Waals surface area (Å²) in [4.78, 5) is 23.1. The van der Waals surface area contributed by atoms with Crippen molar-refractivity contribution in [3.05, 3.63) is 24.3 Å². The first-order chi connectivity index (χ1) is 12.5. The predicted molar refractivity (Wildman–Crippen MR) is 97.4 cm³/mol. The molecule has 138 valence electrons. The minimum atomic E-state index is -0.757. The van der Waals surface area contributed by atoms with Crippen molar-refractivity contribution in [1.29, 1.82) is 0 Å². The fourth-order valence-electron chi connectivity index (χ4n) is 2.93. The minimum Gasteiger partial charge on any atom is -0.497 e. The standard InChI is InChI=1S/C17H20N4O4S/c1-25-13-8-4-10(5-9-13)14-20-21-17(26-14)19-16(24)18-12-6-2-11(3-7-12)15(22)23/h4-5,8-9,11-12H,2-3,6-7H2,1H3,(H,22,23)(H2,18,19,21,24). The summed E-state index contributed by atoms with van der Waals surface area (Å²) in [5, 5.41) is 23.8. The Morgan fingerprint density at radius 2 is 1.85 bits per heavy atom.